The Labute approximate surface area is 164 Å². The van der Waals surface area contributed by atoms with Gasteiger partial charge in [0.05, 0.1) is 11.2 Å². The minimum Gasteiger partial charge on any atom is -0.441 e. The van der Waals surface area contributed by atoms with Gasteiger partial charge in [-0.05, 0) is 25.0 Å². The third kappa shape index (κ3) is 5.61. The lowest BCUT2D eigenvalue weighted by molar-refractivity contribution is -0.132. The van der Waals surface area contributed by atoms with E-state index in [4.69, 9.17) is 21.8 Å². The Hall–Kier alpha value is -1.27. The summed E-state index contributed by atoms with van der Waals surface area (Å²) in [5.41, 5.74) is 6.67. The van der Waals surface area contributed by atoms with Crippen LogP contribution in [0.15, 0.2) is 34.9 Å². The quantitative estimate of drug-likeness (QED) is 0.840. The molecule has 1 aliphatic heterocycles. The summed E-state index contributed by atoms with van der Waals surface area (Å²) in [6.07, 6.45) is 4.30. The Morgan fingerprint density at radius 1 is 1.28 bits per heavy atom. The summed E-state index contributed by atoms with van der Waals surface area (Å²) < 4.78 is 5.72. The highest BCUT2D eigenvalue weighted by molar-refractivity contribution is 6.33. The van der Waals surface area contributed by atoms with Gasteiger partial charge in [0.1, 0.15) is 0 Å². The van der Waals surface area contributed by atoms with E-state index in [-0.39, 0.29) is 36.8 Å². The summed E-state index contributed by atoms with van der Waals surface area (Å²) in [5, 5.41) is 0.621. The van der Waals surface area contributed by atoms with Crippen molar-refractivity contribution in [3.8, 4) is 11.3 Å². The van der Waals surface area contributed by atoms with Crippen molar-refractivity contribution in [1.29, 1.82) is 0 Å². The first-order valence-corrected chi connectivity index (χ1v) is 8.24. The van der Waals surface area contributed by atoms with Crippen molar-refractivity contribution in [3.05, 3.63) is 41.4 Å². The van der Waals surface area contributed by atoms with Gasteiger partial charge in [-0.3, -0.25) is 4.79 Å². The lowest BCUT2D eigenvalue weighted by Crippen LogP contribution is -2.42. The fourth-order valence-electron chi connectivity index (χ4n) is 2.73. The van der Waals surface area contributed by atoms with Gasteiger partial charge in [-0.2, -0.15) is 0 Å². The van der Waals surface area contributed by atoms with Crippen molar-refractivity contribution in [2.75, 3.05) is 13.1 Å². The predicted molar refractivity (Wildman–Crippen MR) is 104 cm³/mol. The van der Waals surface area contributed by atoms with Crippen LogP contribution in [0.25, 0.3) is 11.3 Å². The molecule has 1 fully saturated rings. The number of aryl methyl sites for hydroxylation is 1. The van der Waals surface area contributed by atoms with Crippen LogP contribution in [0.3, 0.4) is 0 Å². The second-order valence-corrected chi connectivity index (χ2v) is 6.22. The van der Waals surface area contributed by atoms with Crippen LogP contribution in [0.1, 0.15) is 25.2 Å². The van der Waals surface area contributed by atoms with Crippen LogP contribution in [0.4, 0.5) is 0 Å². The van der Waals surface area contributed by atoms with E-state index in [0.717, 1.165) is 31.5 Å². The van der Waals surface area contributed by atoms with Crippen molar-refractivity contribution in [2.24, 2.45) is 5.73 Å². The monoisotopic (exact) mass is 405 g/mol. The average Bonchev–Trinajstić information content (AvgIpc) is 3.02. The molecular weight excluding hydrogens is 385 g/mol. The molecule has 0 spiro atoms. The lowest BCUT2D eigenvalue weighted by Gasteiger charge is -2.30. The van der Waals surface area contributed by atoms with Crippen LogP contribution >= 0.6 is 36.4 Å². The fraction of sp³-hybridized carbons (Fsp3) is 0.412. The number of nitrogens with zero attached hydrogens (tertiary/aromatic N) is 2. The van der Waals surface area contributed by atoms with Crippen molar-refractivity contribution >= 4 is 42.3 Å². The highest BCUT2D eigenvalue weighted by Gasteiger charge is 2.20. The molecule has 0 unspecified atom stereocenters. The van der Waals surface area contributed by atoms with E-state index in [0.29, 0.717) is 29.5 Å². The molecule has 8 heteroatoms. The van der Waals surface area contributed by atoms with Crippen LogP contribution in [-0.4, -0.2) is 34.9 Å². The number of carbonyl (C=O) groups excluding carboxylic acids is 1. The molecule has 0 bridgehead atoms. The molecule has 3 rings (SSSR count). The van der Waals surface area contributed by atoms with Crippen LogP contribution < -0.4 is 5.73 Å². The van der Waals surface area contributed by atoms with E-state index < -0.39 is 0 Å². The third-order valence-electron chi connectivity index (χ3n) is 4.14. The number of hydrogen-bond donors (Lipinski definition) is 1. The first-order chi connectivity index (χ1) is 11.1. The molecule has 138 valence electrons. The van der Waals surface area contributed by atoms with Gasteiger partial charge in [0.25, 0.3) is 0 Å². The van der Waals surface area contributed by atoms with E-state index in [1.165, 1.54) is 0 Å². The Kier molecular flexibility index (Phi) is 8.73. The first kappa shape index (κ1) is 21.8. The first-order valence-electron chi connectivity index (χ1n) is 7.86. The molecule has 1 amide bonds. The van der Waals surface area contributed by atoms with Gasteiger partial charge in [0.2, 0.25) is 5.91 Å². The lowest BCUT2D eigenvalue weighted by atomic mass is 10.1. The molecule has 1 saturated heterocycles. The highest BCUT2D eigenvalue weighted by atomic mass is 35.5. The number of halogens is 3. The predicted octanol–water partition coefficient (Wildman–Crippen LogP) is 3.72. The molecule has 2 heterocycles. The van der Waals surface area contributed by atoms with Gasteiger partial charge < -0.3 is 15.1 Å². The Morgan fingerprint density at radius 2 is 1.96 bits per heavy atom. The van der Waals surface area contributed by atoms with E-state index in [1.807, 2.05) is 29.2 Å². The number of aromatic nitrogens is 1. The second kappa shape index (κ2) is 10.0. The van der Waals surface area contributed by atoms with Crippen molar-refractivity contribution in [3.63, 3.8) is 0 Å². The Balaban J connectivity index is 0.00000156. The number of hydrogen-bond acceptors (Lipinski definition) is 4. The molecule has 2 N–H and O–H groups in total. The fourth-order valence-corrected chi connectivity index (χ4v) is 2.96. The minimum atomic E-state index is 0. The van der Waals surface area contributed by atoms with E-state index in [1.54, 1.807) is 6.20 Å². The van der Waals surface area contributed by atoms with Gasteiger partial charge >= 0.3 is 0 Å². The largest absolute Gasteiger partial charge is 0.441 e. The molecule has 25 heavy (non-hydrogen) atoms. The molecule has 1 aliphatic rings. The molecule has 0 radical (unpaired) electrons. The highest BCUT2D eigenvalue weighted by Crippen LogP contribution is 2.28. The number of amides is 1. The number of oxazole rings is 1. The zero-order valence-electron chi connectivity index (χ0n) is 13.7. The van der Waals surface area contributed by atoms with Crippen LogP contribution in [0.2, 0.25) is 5.02 Å². The number of nitrogens with two attached hydrogens (primary N) is 1. The Morgan fingerprint density at radius 3 is 2.64 bits per heavy atom. The SMILES string of the molecule is Cl.Cl.NC1CCN(C(=O)CCc2ncc(-c3ccccc3Cl)o2)CC1. The van der Waals surface area contributed by atoms with E-state index in [2.05, 4.69) is 4.98 Å². The maximum atomic E-state index is 12.2. The minimum absolute atomic E-state index is 0. The van der Waals surface area contributed by atoms with Gasteiger partial charge in [0.15, 0.2) is 11.7 Å². The molecular formula is C17H22Cl3N3O2. The molecule has 0 saturated carbocycles. The summed E-state index contributed by atoms with van der Waals surface area (Å²) in [4.78, 5) is 18.3. The molecule has 0 aliphatic carbocycles. The molecule has 2 aromatic rings. The molecule has 1 aromatic heterocycles. The normalized spacial score (nSPS) is 14.6. The van der Waals surface area contributed by atoms with Crippen LogP contribution in [-0.2, 0) is 11.2 Å². The summed E-state index contributed by atoms with van der Waals surface area (Å²) in [5.74, 6) is 1.32. The van der Waals surface area contributed by atoms with Crippen molar-refractivity contribution in [1.82, 2.24) is 9.88 Å². The number of benzene rings is 1. The summed E-state index contributed by atoms with van der Waals surface area (Å²) in [7, 11) is 0. The molecule has 1 aromatic carbocycles. The second-order valence-electron chi connectivity index (χ2n) is 5.82. The smallest absolute Gasteiger partial charge is 0.223 e. The number of rotatable bonds is 4. The van der Waals surface area contributed by atoms with Crippen LogP contribution in [0.5, 0.6) is 0 Å². The van der Waals surface area contributed by atoms with Crippen LogP contribution in [0, 0.1) is 0 Å². The van der Waals surface area contributed by atoms with E-state index >= 15 is 0 Å². The zero-order valence-corrected chi connectivity index (χ0v) is 16.1. The van der Waals surface area contributed by atoms with Gasteiger partial charge in [0, 0.05) is 37.5 Å². The Bertz CT molecular complexity index is 685. The van der Waals surface area contributed by atoms with E-state index in [9.17, 15) is 4.79 Å². The average molecular weight is 407 g/mol. The van der Waals surface area contributed by atoms with Gasteiger partial charge in [-0.25, -0.2) is 4.98 Å². The third-order valence-corrected chi connectivity index (χ3v) is 4.47. The topological polar surface area (TPSA) is 72.4 Å². The molecule has 0 atom stereocenters. The van der Waals surface area contributed by atoms with Crippen molar-refractivity contribution in [2.45, 2.75) is 31.7 Å². The number of likely N-dealkylation sites (tertiary alicyclic amines) is 1. The number of piperidine rings is 1. The zero-order chi connectivity index (χ0) is 16.2. The maximum Gasteiger partial charge on any atom is 0.223 e. The van der Waals surface area contributed by atoms with Gasteiger partial charge in [-0.1, -0.05) is 23.7 Å². The summed E-state index contributed by atoms with van der Waals surface area (Å²) in [6, 6.07) is 7.68. The standard InChI is InChI=1S/C17H20ClN3O2.2ClH/c18-14-4-2-1-3-13(14)15-11-20-16(23-15)5-6-17(22)21-9-7-12(19)8-10-21;;/h1-4,11-12H,5-10,19H2;2*1H. The maximum absolute atomic E-state index is 12.2. The van der Waals surface area contributed by atoms with Crippen molar-refractivity contribution < 1.29 is 9.21 Å². The summed E-state index contributed by atoms with van der Waals surface area (Å²) in [6.45, 7) is 1.49. The van der Waals surface area contributed by atoms with Gasteiger partial charge in [-0.15, -0.1) is 24.8 Å². The number of carbonyl (C=O) groups is 1. The summed E-state index contributed by atoms with van der Waals surface area (Å²) >= 11 is 6.15. The molecule has 5 nitrogen and oxygen atoms in total.